The highest BCUT2D eigenvalue weighted by atomic mass is 16.5. The predicted octanol–water partition coefficient (Wildman–Crippen LogP) is 3.09. The van der Waals surface area contributed by atoms with Gasteiger partial charge in [0.05, 0.1) is 19.8 Å². The minimum Gasteiger partial charge on any atom is -0.488 e. The number of benzene rings is 1. The number of hydrogen-bond acceptors (Lipinski definition) is 4. The smallest absolute Gasteiger partial charge is 0.191 e. The van der Waals surface area contributed by atoms with E-state index in [2.05, 4.69) is 47.6 Å². The van der Waals surface area contributed by atoms with Gasteiger partial charge in [-0.05, 0) is 57.1 Å². The molecule has 166 valence electrons. The highest BCUT2D eigenvalue weighted by molar-refractivity contribution is 5.79. The van der Waals surface area contributed by atoms with Crippen LogP contribution in [-0.4, -0.2) is 62.4 Å². The summed E-state index contributed by atoms with van der Waals surface area (Å²) in [7, 11) is 0. The van der Waals surface area contributed by atoms with E-state index in [0.717, 1.165) is 61.9 Å². The van der Waals surface area contributed by atoms with E-state index in [9.17, 15) is 0 Å². The zero-order valence-corrected chi connectivity index (χ0v) is 18.7. The average molecular weight is 415 g/mol. The number of aliphatic imine (C=N–C) groups is 1. The molecule has 30 heavy (non-hydrogen) atoms. The molecular weight excluding hydrogens is 376 g/mol. The molecule has 3 aliphatic rings. The van der Waals surface area contributed by atoms with Crippen LogP contribution in [0.4, 0.5) is 0 Å². The first-order chi connectivity index (χ1) is 14.7. The molecule has 1 heterocycles. The van der Waals surface area contributed by atoms with E-state index in [1.807, 2.05) is 0 Å². The van der Waals surface area contributed by atoms with E-state index in [4.69, 9.17) is 14.5 Å². The lowest BCUT2D eigenvalue weighted by Crippen LogP contribution is -2.42. The summed E-state index contributed by atoms with van der Waals surface area (Å²) in [6, 6.07) is 7.22. The molecule has 1 aromatic carbocycles. The molecule has 0 bridgehead atoms. The molecule has 4 rings (SSSR count). The van der Waals surface area contributed by atoms with Crippen LogP contribution in [0.15, 0.2) is 23.2 Å². The molecule has 0 radical (unpaired) electrons. The van der Waals surface area contributed by atoms with Crippen LogP contribution in [0.3, 0.4) is 0 Å². The molecule has 1 unspecified atom stereocenters. The summed E-state index contributed by atoms with van der Waals surface area (Å²) in [5.41, 5.74) is 2.33. The Morgan fingerprint density at radius 3 is 2.77 bits per heavy atom. The summed E-state index contributed by atoms with van der Waals surface area (Å²) < 4.78 is 11.7. The summed E-state index contributed by atoms with van der Waals surface area (Å²) in [6.45, 7) is 10.5. The fourth-order valence-corrected chi connectivity index (χ4v) is 4.01. The number of rotatable bonds is 11. The highest BCUT2D eigenvalue weighted by Gasteiger charge is 2.33. The third-order valence-corrected chi connectivity index (χ3v) is 6.10. The Bertz CT molecular complexity index is 709. The Morgan fingerprint density at radius 2 is 2.07 bits per heavy atom. The molecule has 1 aliphatic heterocycles. The molecule has 0 aromatic heterocycles. The predicted molar refractivity (Wildman–Crippen MR) is 121 cm³/mol. The highest BCUT2D eigenvalue weighted by Crippen LogP contribution is 2.34. The van der Waals surface area contributed by atoms with Gasteiger partial charge in [0.2, 0.25) is 0 Å². The zero-order valence-electron chi connectivity index (χ0n) is 18.7. The second-order valence-corrected chi connectivity index (χ2v) is 9.01. The molecule has 3 fully saturated rings. The summed E-state index contributed by atoms with van der Waals surface area (Å²) in [5.74, 6) is 2.78. The van der Waals surface area contributed by atoms with E-state index >= 15 is 0 Å². The fourth-order valence-electron chi connectivity index (χ4n) is 4.01. The van der Waals surface area contributed by atoms with Gasteiger partial charge in [-0.1, -0.05) is 12.1 Å². The van der Waals surface area contributed by atoms with Crippen LogP contribution in [-0.2, 0) is 11.3 Å². The Morgan fingerprint density at radius 1 is 1.20 bits per heavy atom. The van der Waals surface area contributed by atoms with E-state index < -0.39 is 0 Å². The minimum atomic E-state index is 0.153. The Balaban J connectivity index is 1.32. The first-order valence-corrected chi connectivity index (χ1v) is 11.8. The van der Waals surface area contributed by atoms with E-state index in [-0.39, 0.29) is 6.10 Å². The lowest BCUT2D eigenvalue weighted by atomic mass is 10.1. The molecule has 0 spiro atoms. The van der Waals surface area contributed by atoms with Crippen molar-refractivity contribution in [3.05, 3.63) is 29.3 Å². The van der Waals surface area contributed by atoms with Gasteiger partial charge in [0.25, 0.3) is 0 Å². The molecule has 1 aromatic rings. The van der Waals surface area contributed by atoms with Gasteiger partial charge in [-0.2, -0.15) is 0 Å². The topological polar surface area (TPSA) is 58.1 Å². The van der Waals surface area contributed by atoms with Gasteiger partial charge in [0.15, 0.2) is 5.96 Å². The SMILES string of the molecule is CCNC(=NCc1ccc(C)cc1OC1CCOC1)NCCN(CC1CC1)C1CC1. The average Bonchev–Trinajstić information content (AvgIpc) is 3.66. The first kappa shape index (κ1) is 21.4. The molecule has 1 saturated heterocycles. The van der Waals surface area contributed by atoms with Crippen molar-refractivity contribution in [1.29, 1.82) is 0 Å². The monoisotopic (exact) mass is 414 g/mol. The number of guanidine groups is 1. The lowest BCUT2D eigenvalue weighted by molar-refractivity contribution is 0.140. The van der Waals surface area contributed by atoms with Crippen molar-refractivity contribution >= 4 is 5.96 Å². The third-order valence-electron chi connectivity index (χ3n) is 6.10. The van der Waals surface area contributed by atoms with Crippen molar-refractivity contribution < 1.29 is 9.47 Å². The Kier molecular flexibility index (Phi) is 7.50. The van der Waals surface area contributed by atoms with Crippen LogP contribution in [0.5, 0.6) is 5.75 Å². The first-order valence-electron chi connectivity index (χ1n) is 11.8. The van der Waals surface area contributed by atoms with Gasteiger partial charge >= 0.3 is 0 Å². The molecular formula is C24H38N4O2. The van der Waals surface area contributed by atoms with Gasteiger partial charge in [-0.15, -0.1) is 0 Å². The number of ether oxygens (including phenoxy) is 2. The maximum absolute atomic E-state index is 6.23. The van der Waals surface area contributed by atoms with Crippen LogP contribution in [0.25, 0.3) is 0 Å². The van der Waals surface area contributed by atoms with Gasteiger partial charge in [-0.3, -0.25) is 4.90 Å². The van der Waals surface area contributed by atoms with Gasteiger partial charge in [0.1, 0.15) is 11.9 Å². The van der Waals surface area contributed by atoms with Crippen molar-refractivity contribution in [3.8, 4) is 5.75 Å². The summed E-state index contributed by atoms with van der Waals surface area (Å²) in [5, 5.41) is 6.93. The van der Waals surface area contributed by atoms with Gasteiger partial charge in [0, 0.05) is 44.2 Å². The second kappa shape index (κ2) is 10.5. The molecule has 2 aliphatic carbocycles. The van der Waals surface area contributed by atoms with Crippen LogP contribution < -0.4 is 15.4 Å². The zero-order chi connectivity index (χ0) is 20.8. The maximum Gasteiger partial charge on any atom is 0.191 e. The molecule has 0 amide bonds. The van der Waals surface area contributed by atoms with Crippen molar-refractivity contribution in [2.75, 3.05) is 39.4 Å². The maximum atomic E-state index is 6.23. The fraction of sp³-hybridized carbons (Fsp3) is 0.708. The van der Waals surface area contributed by atoms with E-state index in [0.29, 0.717) is 13.2 Å². The summed E-state index contributed by atoms with van der Waals surface area (Å²) in [4.78, 5) is 7.53. The van der Waals surface area contributed by atoms with Crippen LogP contribution in [0.1, 0.15) is 50.2 Å². The van der Waals surface area contributed by atoms with Crippen LogP contribution >= 0.6 is 0 Å². The Labute approximate surface area is 181 Å². The standard InChI is InChI=1S/C24H38N4O2/c1-3-25-24(26-11-12-28(21-8-9-21)16-19-5-6-19)27-15-20-7-4-18(2)14-23(20)30-22-10-13-29-17-22/h4,7,14,19,21-22H,3,5-6,8-13,15-17H2,1-2H3,(H2,25,26,27). The van der Waals surface area contributed by atoms with E-state index in [1.165, 1.54) is 37.8 Å². The minimum absolute atomic E-state index is 0.153. The third kappa shape index (κ3) is 6.61. The molecule has 2 saturated carbocycles. The van der Waals surface area contributed by atoms with Crippen LogP contribution in [0.2, 0.25) is 0 Å². The summed E-state index contributed by atoms with van der Waals surface area (Å²) in [6.07, 6.45) is 6.72. The summed E-state index contributed by atoms with van der Waals surface area (Å²) >= 11 is 0. The van der Waals surface area contributed by atoms with Crippen molar-refractivity contribution in [2.24, 2.45) is 10.9 Å². The van der Waals surface area contributed by atoms with Gasteiger partial charge in [-0.25, -0.2) is 4.99 Å². The normalized spacial score (nSPS) is 21.8. The molecule has 6 heteroatoms. The van der Waals surface area contributed by atoms with Crippen molar-refractivity contribution in [3.63, 3.8) is 0 Å². The van der Waals surface area contributed by atoms with Gasteiger partial charge < -0.3 is 20.1 Å². The number of nitrogens with zero attached hydrogens (tertiary/aromatic N) is 2. The molecule has 2 N–H and O–H groups in total. The second-order valence-electron chi connectivity index (χ2n) is 9.01. The van der Waals surface area contributed by atoms with Crippen LogP contribution in [0, 0.1) is 12.8 Å². The largest absolute Gasteiger partial charge is 0.488 e. The Hall–Kier alpha value is -1.79. The lowest BCUT2D eigenvalue weighted by Gasteiger charge is -2.22. The van der Waals surface area contributed by atoms with Crippen molar-refractivity contribution in [1.82, 2.24) is 15.5 Å². The number of hydrogen-bond donors (Lipinski definition) is 2. The quantitative estimate of drug-likeness (QED) is 0.430. The molecule has 6 nitrogen and oxygen atoms in total. The number of aryl methyl sites for hydroxylation is 1. The van der Waals surface area contributed by atoms with Crippen molar-refractivity contribution in [2.45, 2.75) is 64.6 Å². The molecule has 1 atom stereocenters. The van der Waals surface area contributed by atoms with E-state index in [1.54, 1.807) is 0 Å². The number of nitrogens with one attached hydrogen (secondary N) is 2.